The van der Waals surface area contributed by atoms with E-state index in [0.717, 1.165) is 36.0 Å². The quantitative estimate of drug-likeness (QED) is 0.816. The zero-order chi connectivity index (χ0) is 14.5. The van der Waals surface area contributed by atoms with Gasteiger partial charge >= 0.3 is 0 Å². The lowest BCUT2D eigenvalue weighted by Crippen LogP contribution is -2.06. The van der Waals surface area contributed by atoms with Gasteiger partial charge in [-0.1, -0.05) is 6.92 Å². The Hall–Kier alpha value is -1.90. The zero-order valence-electron chi connectivity index (χ0n) is 12.7. The standard InChI is InChI=1S/C17H23NO2/c1-5-10-19-16-8-6-15(7-9-16)18-13(3)17-11-12(2)20-14(17)4/h6-9,11,13,18H,5,10H2,1-4H3. The second-order valence-corrected chi connectivity index (χ2v) is 5.11. The first-order valence-electron chi connectivity index (χ1n) is 7.16. The third kappa shape index (κ3) is 3.56. The highest BCUT2D eigenvalue weighted by atomic mass is 16.5. The molecule has 0 spiro atoms. The Morgan fingerprint density at radius 1 is 1.20 bits per heavy atom. The van der Waals surface area contributed by atoms with Gasteiger partial charge in [0.05, 0.1) is 12.6 Å². The van der Waals surface area contributed by atoms with Gasteiger partial charge in [-0.15, -0.1) is 0 Å². The van der Waals surface area contributed by atoms with Gasteiger partial charge in [-0.2, -0.15) is 0 Å². The van der Waals surface area contributed by atoms with E-state index in [0.29, 0.717) is 0 Å². The molecule has 0 aliphatic carbocycles. The number of anilines is 1. The van der Waals surface area contributed by atoms with Crippen LogP contribution in [-0.2, 0) is 0 Å². The number of aryl methyl sites for hydroxylation is 2. The van der Waals surface area contributed by atoms with Crippen LogP contribution < -0.4 is 10.1 Å². The molecule has 0 fully saturated rings. The van der Waals surface area contributed by atoms with E-state index in [1.165, 1.54) is 5.56 Å². The fraction of sp³-hybridized carbons (Fsp3) is 0.412. The second kappa shape index (κ2) is 6.51. The van der Waals surface area contributed by atoms with Crippen LogP contribution in [0.4, 0.5) is 5.69 Å². The Morgan fingerprint density at radius 3 is 2.45 bits per heavy atom. The molecule has 1 atom stereocenters. The minimum absolute atomic E-state index is 0.217. The van der Waals surface area contributed by atoms with E-state index in [1.54, 1.807) is 0 Å². The smallest absolute Gasteiger partial charge is 0.119 e. The van der Waals surface area contributed by atoms with Gasteiger partial charge in [0.25, 0.3) is 0 Å². The monoisotopic (exact) mass is 273 g/mol. The van der Waals surface area contributed by atoms with E-state index in [4.69, 9.17) is 9.15 Å². The highest BCUT2D eigenvalue weighted by Crippen LogP contribution is 2.25. The predicted molar refractivity (Wildman–Crippen MR) is 82.4 cm³/mol. The minimum Gasteiger partial charge on any atom is -0.494 e. The number of benzene rings is 1. The SMILES string of the molecule is CCCOc1ccc(NC(C)c2cc(C)oc2C)cc1. The molecule has 3 nitrogen and oxygen atoms in total. The van der Waals surface area contributed by atoms with E-state index >= 15 is 0 Å². The molecule has 3 heteroatoms. The molecule has 108 valence electrons. The Labute approximate surface area is 121 Å². The van der Waals surface area contributed by atoms with Crippen molar-refractivity contribution >= 4 is 5.69 Å². The summed E-state index contributed by atoms with van der Waals surface area (Å²) in [5.74, 6) is 2.85. The van der Waals surface area contributed by atoms with Crippen molar-refractivity contribution in [3.8, 4) is 5.75 Å². The highest BCUT2D eigenvalue weighted by Gasteiger charge is 2.12. The molecule has 2 rings (SSSR count). The molecule has 1 unspecified atom stereocenters. The first-order chi connectivity index (χ1) is 9.60. The molecule has 0 bridgehead atoms. The average Bonchev–Trinajstić information content (AvgIpc) is 2.77. The van der Waals surface area contributed by atoms with E-state index in [1.807, 2.05) is 38.1 Å². The van der Waals surface area contributed by atoms with Crippen LogP contribution in [0.1, 0.15) is 43.4 Å². The molecular formula is C17H23NO2. The first kappa shape index (κ1) is 14.5. The van der Waals surface area contributed by atoms with Crippen molar-refractivity contribution in [2.45, 2.75) is 40.2 Å². The van der Waals surface area contributed by atoms with E-state index in [2.05, 4.69) is 25.2 Å². The zero-order valence-corrected chi connectivity index (χ0v) is 12.7. The van der Waals surface area contributed by atoms with Gasteiger partial charge < -0.3 is 14.5 Å². The van der Waals surface area contributed by atoms with Gasteiger partial charge in [-0.25, -0.2) is 0 Å². The maximum atomic E-state index is 5.58. The summed E-state index contributed by atoms with van der Waals surface area (Å²) in [4.78, 5) is 0. The molecule has 0 amide bonds. The summed E-state index contributed by atoms with van der Waals surface area (Å²) in [5.41, 5.74) is 2.29. The Morgan fingerprint density at radius 2 is 1.90 bits per heavy atom. The lowest BCUT2D eigenvalue weighted by atomic mass is 10.1. The van der Waals surface area contributed by atoms with Gasteiger partial charge in [-0.05, 0) is 57.5 Å². The Kier molecular flexibility index (Phi) is 4.72. The van der Waals surface area contributed by atoms with Crippen LogP contribution in [0.3, 0.4) is 0 Å². The van der Waals surface area contributed by atoms with E-state index in [-0.39, 0.29) is 6.04 Å². The fourth-order valence-electron chi connectivity index (χ4n) is 2.28. The maximum absolute atomic E-state index is 5.58. The van der Waals surface area contributed by atoms with Crippen LogP contribution in [0.5, 0.6) is 5.75 Å². The second-order valence-electron chi connectivity index (χ2n) is 5.11. The summed E-state index contributed by atoms with van der Waals surface area (Å²) in [6.45, 7) is 8.98. The fourth-order valence-corrected chi connectivity index (χ4v) is 2.28. The van der Waals surface area contributed by atoms with E-state index < -0.39 is 0 Å². The Balaban J connectivity index is 2.00. The summed E-state index contributed by atoms with van der Waals surface area (Å²) in [7, 11) is 0. The number of furan rings is 1. The molecule has 1 N–H and O–H groups in total. The molecule has 1 aromatic heterocycles. The van der Waals surface area contributed by atoms with Crippen LogP contribution in [0, 0.1) is 13.8 Å². The summed E-state index contributed by atoms with van der Waals surface area (Å²) >= 11 is 0. The third-order valence-corrected chi connectivity index (χ3v) is 3.26. The summed E-state index contributed by atoms with van der Waals surface area (Å²) in [6.07, 6.45) is 1.02. The summed E-state index contributed by atoms with van der Waals surface area (Å²) < 4.78 is 11.2. The van der Waals surface area contributed by atoms with Crippen molar-refractivity contribution in [3.63, 3.8) is 0 Å². The van der Waals surface area contributed by atoms with Gasteiger partial charge in [0.1, 0.15) is 17.3 Å². The molecular weight excluding hydrogens is 250 g/mol. The van der Waals surface area contributed by atoms with Crippen LogP contribution in [0.2, 0.25) is 0 Å². The molecule has 2 aromatic rings. The lowest BCUT2D eigenvalue weighted by Gasteiger charge is -2.15. The Bertz CT molecular complexity index is 543. The topological polar surface area (TPSA) is 34.4 Å². The average molecular weight is 273 g/mol. The number of nitrogens with one attached hydrogen (secondary N) is 1. The molecule has 0 saturated carbocycles. The van der Waals surface area contributed by atoms with Gasteiger partial charge in [0, 0.05) is 11.3 Å². The number of hydrogen-bond acceptors (Lipinski definition) is 3. The summed E-state index contributed by atoms with van der Waals surface area (Å²) in [6, 6.07) is 10.4. The predicted octanol–water partition coefficient (Wildman–Crippen LogP) is 4.86. The first-order valence-corrected chi connectivity index (χ1v) is 7.16. The lowest BCUT2D eigenvalue weighted by molar-refractivity contribution is 0.317. The summed E-state index contributed by atoms with van der Waals surface area (Å²) in [5, 5.41) is 3.48. The minimum atomic E-state index is 0.217. The molecule has 0 aliphatic rings. The highest BCUT2D eigenvalue weighted by molar-refractivity contribution is 5.48. The van der Waals surface area contributed by atoms with Gasteiger partial charge in [-0.3, -0.25) is 0 Å². The van der Waals surface area contributed by atoms with Crippen LogP contribution in [-0.4, -0.2) is 6.61 Å². The van der Waals surface area contributed by atoms with Crippen molar-refractivity contribution in [3.05, 3.63) is 47.4 Å². The molecule has 1 heterocycles. The van der Waals surface area contributed by atoms with Crippen molar-refractivity contribution in [1.29, 1.82) is 0 Å². The van der Waals surface area contributed by atoms with Crippen LogP contribution >= 0.6 is 0 Å². The van der Waals surface area contributed by atoms with Crippen LogP contribution in [0.15, 0.2) is 34.7 Å². The van der Waals surface area contributed by atoms with E-state index in [9.17, 15) is 0 Å². The normalized spacial score (nSPS) is 12.2. The maximum Gasteiger partial charge on any atom is 0.119 e. The molecule has 0 saturated heterocycles. The molecule has 1 aromatic carbocycles. The largest absolute Gasteiger partial charge is 0.494 e. The van der Waals surface area contributed by atoms with Crippen molar-refractivity contribution in [1.82, 2.24) is 0 Å². The number of rotatable bonds is 6. The van der Waals surface area contributed by atoms with Crippen LogP contribution in [0.25, 0.3) is 0 Å². The number of ether oxygens (including phenoxy) is 1. The molecule has 20 heavy (non-hydrogen) atoms. The molecule has 0 radical (unpaired) electrons. The van der Waals surface area contributed by atoms with Gasteiger partial charge in [0.2, 0.25) is 0 Å². The van der Waals surface area contributed by atoms with Crippen molar-refractivity contribution in [2.75, 3.05) is 11.9 Å². The van der Waals surface area contributed by atoms with Crippen molar-refractivity contribution < 1.29 is 9.15 Å². The molecule has 0 aliphatic heterocycles. The van der Waals surface area contributed by atoms with Crippen molar-refractivity contribution in [2.24, 2.45) is 0 Å². The number of hydrogen-bond donors (Lipinski definition) is 1. The van der Waals surface area contributed by atoms with Gasteiger partial charge in [0.15, 0.2) is 0 Å². The third-order valence-electron chi connectivity index (χ3n) is 3.26.